The standard InChI is InChI=1S/C39H37F3N2O7S/c40-39(41,42)38(49)44-17-5-11-32(44)35(46)43-21-25-6-3-7-27(18-25)28-8-4-9-29(19-28)37-50-30(23-52-34-12-2-1-10-31(34)36(47)48)20-33(51-37)26-15-13-24(22-45)14-16-26/h1-4,6-10,12-16,18-19,30,32-33,37,45H,5,11,17,20-23H2,(H,43,46)(H,47,48)/t30-,32-,33+,37+/m0/s1. The molecule has 2 fully saturated rings. The van der Waals surface area contributed by atoms with E-state index >= 15 is 0 Å². The number of ether oxygens (including phenoxy) is 2. The van der Waals surface area contributed by atoms with Crippen LogP contribution in [-0.4, -0.2) is 63.5 Å². The van der Waals surface area contributed by atoms with Gasteiger partial charge in [0.1, 0.15) is 6.04 Å². The predicted octanol–water partition coefficient (Wildman–Crippen LogP) is 7.05. The Bertz CT molecular complexity index is 1910. The fourth-order valence-electron chi connectivity index (χ4n) is 6.45. The number of likely N-dealkylation sites (tertiary alicyclic amines) is 1. The Hall–Kier alpha value is -4.69. The van der Waals surface area contributed by atoms with E-state index in [9.17, 15) is 37.8 Å². The third kappa shape index (κ3) is 8.84. The second-order valence-corrected chi connectivity index (χ2v) is 13.7. The number of nitrogens with zero attached hydrogens (tertiary/aromatic N) is 1. The molecule has 272 valence electrons. The van der Waals surface area contributed by atoms with Crippen molar-refractivity contribution in [1.29, 1.82) is 0 Å². The molecule has 13 heteroatoms. The highest BCUT2D eigenvalue weighted by Crippen LogP contribution is 2.40. The summed E-state index contributed by atoms with van der Waals surface area (Å²) in [6, 6.07) is 28.2. The molecule has 4 atom stereocenters. The van der Waals surface area contributed by atoms with Gasteiger partial charge < -0.3 is 29.9 Å². The predicted molar refractivity (Wildman–Crippen MR) is 187 cm³/mol. The Balaban J connectivity index is 1.18. The first-order chi connectivity index (χ1) is 25.0. The second kappa shape index (κ2) is 16.3. The summed E-state index contributed by atoms with van der Waals surface area (Å²) >= 11 is 1.41. The van der Waals surface area contributed by atoms with Gasteiger partial charge in [-0.05, 0) is 64.9 Å². The average Bonchev–Trinajstić information content (AvgIpc) is 3.66. The minimum absolute atomic E-state index is 0.0624. The van der Waals surface area contributed by atoms with Crippen LogP contribution in [0.3, 0.4) is 0 Å². The van der Waals surface area contributed by atoms with Crippen molar-refractivity contribution in [2.24, 2.45) is 0 Å². The molecule has 0 radical (unpaired) electrons. The topological polar surface area (TPSA) is 125 Å². The molecule has 0 aliphatic carbocycles. The van der Waals surface area contributed by atoms with Gasteiger partial charge in [-0.3, -0.25) is 9.59 Å². The normalized spacial score (nSPS) is 20.4. The minimum atomic E-state index is -5.04. The van der Waals surface area contributed by atoms with E-state index in [1.54, 1.807) is 30.3 Å². The van der Waals surface area contributed by atoms with Gasteiger partial charge in [0.2, 0.25) is 5.91 Å². The number of alkyl halides is 3. The number of hydrogen-bond acceptors (Lipinski definition) is 7. The van der Waals surface area contributed by atoms with Crippen molar-refractivity contribution in [3.05, 3.63) is 125 Å². The Labute approximate surface area is 302 Å². The number of thioether (sulfide) groups is 1. The molecule has 2 saturated heterocycles. The summed E-state index contributed by atoms with van der Waals surface area (Å²) in [6.45, 7) is -0.138. The molecular formula is C39H37F3N2O7S. The molecule has 0 unspecified atom stereocenters. The largest absolute Gasteiger partial charge is 0.478 e. The molecule has 3 N–H and O–H groups in total. The maximum absolute atomic E-state index is 13.1. The molecule has 0 bridgehead atoms. The number of nitrogens with one attached hydrogen (secondary N) is 1. The summed E-state index contributed by atoms with van der Waals surface area (Å²) in [5.41, 5.74) is 5.05. The molecule has 2 aliphatic rings. The lowest BCUT2D eigenvalue weighted by Gasteiger charge is -2.36. The first kappa shape index (κ1) is 37.1. The molecule has 0 aromatic heterocycles. The molecule has 9 nitrogen and oxygen atoms in total. The molecule has 52 heavy (non-hydrogen) atoms. The number of halogens is 3. The van der Waals surface area contributed by atoms with E-state index in [0.29, 0.717) is 28.4 Å². The highest BCUT2D eigenvalue weighted by molar-refractivity contribution is 7.99. The van der Waals surface area contributed by atoms with E-state index < -0.39 is 36.3 Å². The monoisotopic (exact) mass is 734 g/mol. The number of aromatic carboxylic acids is 1. The molecule has 0 saturated carbocycles. The highest BCUT2D eigenvalue weighted by Gasteiger charge is 2.47. The zero-order valence-corrected chi connectivity index (χ0v) is 28.7. The maximum atomic E-state index is 13.1. The molecule has 4 aromatic rings. The van der Waals surface area contributed by atoms with Crippen LogP contribution in [0.5, 0.6) is 0 Å². The zero-order chi connectivity index (χ0) is 36.8. The summed E-state index contributed by atoms with van der Waals surface area (Å²) in [5.74, 6) is -3.16. The van der Waals surface area contributed by atoms with E-state index in [1.165, 1.54) is 11.8 Å². The Morgan fingerprint density at radius 3 is 2.33 bits per heavy atom. The van der Waals surface area contributed by atoms with Crippen LogP contribution in [-0.2, 0) is 32.2 Å². The van der Waals surface area contributed by atoms with Crippen LogP contribution in [0.15, 0.2) is 102 Å². The van der Waals surface area contributed by atoms with E-state index in [0.717, 1.165) is 33.4 Å². The van der Waals surface area contributed by atoms with Crippen molar-refractivity contribution in [3.63, 3.8) is 0 Å². The molecule has 2 aliphatic heterocycles. The lowest BCUT2D eigenvalue weighted by molar-refractivity contribution is -0.245. The summed E-state index contributed by atoms with van der Waals surface area (Å²) in [6.07, 6.45) is -5.44. The van der Waals surface area contributed by atoms with E-state index in [2.05, 4.69) is 5.32 Å². The first-order valence-electron chi connectivity index (χ1n) is 16.8. The van der Waals surface area contributed by atoms with Crippen LogP contribution in [0.25, 0.3) is 11.1 Å². The summed E-state index contributed by atoms with van der Waals surface area (Å²) in [4.78, 5) is 37.7. The van der Waals surface area contributed by atoms with Crippen molar-refractivity contribution in [3.8, 4) is 11.1 Å². The van der Waals surface area contributed by atoms with Crippen molar-refractivity contribution in [1.82, 2.24) is 10.2 Å². The Morgan fingerprint density at radius 2 is 1.60 bits per heavy atom. The van der Waals surface area contributed by atoms with Gasteiger partial charge in [-0.1, -0.05) is 72.8 Å². The quantitative estimate of drug-likeness (QED) is 0.140. The molecule has 4 aromatic carbocycles. The van der Waals surface area contributed by atoms with Crippen LogP contribution in [0, 0.1) is 0 Å². The molecule has 6 rings (SSSR count). The first-order valence-corrected chi connectivity index (χ1v) is 17.8. The van der Waals surface area contributed by atoms with Gasteiger partial charge in [-0.2, -0.15) is 13.2 Å². The van der Waals surface area contributed by atoms with Gasteiger partial charge in [0, 0.05) is 35.7 Å². The number of carbonyl (C=O) groups excluding carboxylic acids is 2. The molecule has 2 amide bonds. The van der Waals surface area contributed by atoms with Crippen molar-refractivity contribution < 1.29 is 47.2 Å². The van der Waals surface area contributed by atoms with Gasteiger partial charge in [-0.15, -0.1) is 11.8 Å². The minimum Gasteiger partial charge on any atom is -0.478 e. The fraction of sp³-hybridized carbons (Fsp3) is 0.308. The van der Waals surface area contributed by atoms with Crippen molar-refractivity contribution in [2.75, 3.05) is 12.3 Å². The van der Waals surface area contributed by atoms with Crippen molar-refractivity contribution in [2.45, 2.75) is 68.0 Å². The number of carboxylic acid groups (broad SMARTS) is 1. The number of benzene rings is 4. The van der Waals surface area contributed by atoms with Crippen LogP contribution in [0.2, 0.25) is 0 Å². The lowest BCUT2D eigenvalue weighted by Crippen LogP contribution is -2.50. The average molecular weight is 735 g/mol. The number of carboxylic acids is 1. The van der Waals surface area contributed by atoms with Gasteiger partial charge in [0.15, 0.2) is 6.29 Å². The fourth-order valence-corrected chi connectivity index (χ4v) is 7.52. The van der Waals surface area contributed by atoms with Crippen molar-refractivity contribution >= 4 is 29.5 Å². The number of carbonyl (C=O) groups is 3. The lowest BCUT2D eigenvalue weighted by atomic mass is 9.99. The van der Waals surface area contributed by atoms with E-state index in [4.69, 9.17) is 9.47 Å². The number of rotatable bonds is 11. The Kier molecular flexibility index (Phi) is 11.6. The number of aliphatic hydroxyl groups excluding tert-OH is 1. The third-order valence-electron chi connectivity index (χ3n) is 9.10. The maximum Gasteiger partial charge on any atom is 0.471 e. The van der Waals surface area contributed by atoms with Crippen LogP contribution in [0.1, 0.15) is 64.3 Å². The van der Waals surface area contributed by atoms with Gasteiger partial charge in [0.25, 0.3) is 0 Å². The SMILES string of the molecule is O=C(O)c1ccccc1SC[C@@H]1C[C@H](c2ccc(CO)cc2)O[C@H](c2cccc(-c3cccc(CNC(=O)[C@@H]4CCCN4C(=O)C(F)(F)F)c3)c2)O1. The second-order valence-electron chi connectivity index (χ2n) is 12.7. The van der Waals surface area contributed by atoms with Gasteiger partial charge >= 0.3 is 18.1 Å². The highest BCUT2D eigenvalue weighted by atomic mass is 32.2. The smallest absolute Gasteiger partial charge is 0.471 e. The number of hydrogen-bond donors (Lipinski definition) is 3. The summed E-state index contributed by atoms with van der Waals surface area (Å²) in [5, 5.41) is 21.9. The molecule has 0 spiro atoms. The van der Waals surface area contributed by atoms with Gasteiger partial charge in [-0.25, -0.2) is 4.79 Å². The van der Waals surface area contributed by atoms with Crippen LogP contribution >= 0.6 is 11.8 Å². The number of aliphatic hydroxyl groups is 1. The Morgan fingerprint density at radius 1 is 0.865 bits per heavy atom. The van der Waals surface area contributed by atoms with Gasteiger partial charge in [0.05, 0.1) is 24.4 Å². The number of amides is 2. The molecule has 2 heterocycles. The van der Waals surface area contributed by atoms with E-state index in [1.807, 2.05) is 66.7 Å². The van der Waals surface area contributed by atoms with E-state index in [-0.39, 0.29) is 43.9 Å². The summed E-state index contributed by atoms with van der Waals surface area (Å²) < 4.78 is 52.2. The molecular weight excluding hydrogens is 697 g/mol. The summed E-state index contributed by atoms with van der Waals surface area (Å²) in [7, 11) is 0. The zero-order valence-electron chi connectivity index (χ0n) is 27.9. The van der Waals surface area contributed by atoms with Crippen LogP contribution in [0.4, 0.5) is 13.2 Å². The third-order valence-corrected chi connectivity index (χ3v) is 10.3. The van der Waals surface area contributed by atoms with Crippen LogP contribution < -0.4 is 5.32 Å².